The van der Waals surface area contributed by atoms with E-state index in [1.165, 1.54) is 12.1 Å². The Morgan fingerprint density at radius 1 is 1.00 bits per heavy atom. The second-order valence-electron chi connectivity index (χ2n) is 9.18. The summed E-state index contributed by atoms with van der Waals surface area (Å²) in [6, 6.07) is 23.0. The summed E-state index contributed by atoms with van der Waals surface area (Å²) in [7, 11) is -4.04. The summed E-state index contributed by atoms with van der Waals surface area (Å²) >= 11 is 3.46. The third kappa shape index (κ3) is 6.63. The number of carbonyl (C=O) groups excluding carboxylic acids is 1. The third-order valence-corrected chi connectivity index (χ3v) is 8.60. The fourth-order valence-electron chi connectivity index (χ4n) is 4.27. The van der Waals surface area contributed by atoms with Gasteiger partial charge >= 0.3 is 0 Å². The van der Waals surface area contributed by atoms with Crippen LogP contribution in [0.1, 0.15) is 29.4 Å². The fourth-order valence-corrected chi connectivity index (χ4v) is 5.96. The normalized spacial score (nSPS) is 11.5. The van der Waals surface area contributed by atoms with Crippen LogP contribution in [0.4, 0.5) is 5.69 Å². The van der Waals surface area contributed by atoms with Crippen molar-refractivity contribution in [3.8, 4) is 11.4 Å². The molecule has 1 amide bonds. The van der Waals surface area contributed by atoms with Gasteiger partial charge in [0.05, 0.1) is 23.4 Å². The van der Waals surface area contributed by atoms with Gasteiger partial charge in [-0.05, 0) is 94.4 Å². The second-order valence-corrected chi connectivity index (χ2v) is 12.0. The summed E-state index contributed by atoms with van der Waals surface area (Å²) in [5.74, 6) is 0.0243. The fraction of sp³-hybridized carbons (Fsp3) is 0.200. The van der Waals surface area contributed by atoms with E-state index < -0.39 is 22.5 Å². The van der Waals surface area contributed by atoms with Gasteiger partial charge in [-0.1, -0.05) is 33.6 Å². The molecule has 0 spiro atoms. The second kappa shape index (κ2) is 12.5. The maximum atomic E-state index is 13.6. The molecule has 4 rings (SSSR count). The van der Waals surface area contributed by atoms with E-state index in [9.17, 15) is 13.2 Å². The molecule has 0 fully saturated rings. The topological polar surface area (TPSA) is 93.0 Å². The molecule has 0 unspecified atom stereocenters. The first-order valence-electron chi connectivity index (χ1n) is 12.7. The summed E-state index contributed by atoms with van der Waals surface area (Å²) in [5, 5.41) is 4.13. The first kappa shape index (κ1) is 29.1. The maximum Gasteiger partial charge on any atom is 0.264 e. The molecular formula is C30H31BrN4O4S. The number of anilines is 1. The lowest BCUT2D eigenvalue weighted by Gasteiger charge is -2.24. The Balaban J connectivity index is 1.55. The molecule has 0 atom stereocenters. The van der Waals surface area contributed by atoms with E-state index in [0.717, 1.165) is 37.0 Å². The van der Waals surface area contributed by atoms with Crippen molar-refractivity contribution in [2.75, 3.05) is 17.5 Å². The number of hydrazone groups is 1. The number of sulfonamides is 1. The van der Waals surface area contributed by atoms with Crippen molar-refractivity contribution in [2.45, 2.75) is 32.6 Å². The van der Waals surface area contributed by atoms with Crippen molar-refractivity contribution in [1.82, 2.24) is 9.99 Å². The van der Waals surface area contributed by atoms with Gasteiger partial charge in [0.1, 0.15) is 12.3 Å². The number of hydrogen-bond donors (Lipinski definition) is 1. The summed E-state index contributed by atoms with van der Waals surface area (Å²) in [6.07, 6.45) is 1.56. The minimum absolute atomic E-state index is 0.0867. The average Bonchev–Trinajstić information content (AvgIpc) is 3.21. The average molecular weight is 624 g/mol. The monoisotopic (exact) mass is 622 g/mol. The number of hydrogen-bond acceptors (Lipinski definition) is 5. The van der Waals surface area contributed by atoms with Gasteiger partial charge in [-0.15, -0.1) is 0 Å². The SMILES string of the molecule is CCOc1ccc(N(CC(=O)N/N=C/c2cc(C)n(-c3ccc(Br)cc3)c2C)S(=O)(=O)c2ccc(C)cc2)cc1. The van der Waals surface area contributed by atoms with Gasteiger partial charge in [0.25, 0.3) is 15.9 Å². The van der Waals surface area contributed by atoms with E-state index in [4.69, 9.17) is 4.74 Å². The zero-order chi connectivity index (χ0) is 28.9. The molecule has 0 saturated heterocycles. The minimum Gasteiger partial charge on any atom is -0.494 e. The van der Waals surface area contributed by atoms with Gasteiger partial charge in [-0.25, -0.2) is 13.8 Å². The molecule has 8 nitrogen and oxygen atoms in total. The lowest BCUT2D eigenvalue weighted by atomic mass is 10.2. The van der Waals surface area contributed by atoms with E-state index in [0.29, 0.717) is 18.0 Å². The van der Waals surface area contributed by atoms with Gasteiger partial charge < -0.3 is 9.30 Å². The molecule has 0 bridgehead atoms. The quantitative estimate of drug-likeness (QED) is 0.176. The molecular weight excluding hydrogens is 592 g/mol. The van der Waals surface area contributed by atoms with Crippen LogP contribution in [0.25, 0.3) is 5.69 Å². The maximum absolute atomic E-state index is 13.6. The lowest BCUT2D eigenvalue weighted by Crippen LogP contribution is -2.39. The van der Waals surface area contributed by atoms with Crippen molar-refractivity contribution < 1.29 is 17.9 Å². The molecule has 0 aliphatic rings. The molecule has 1 heterocycles. The van der Waals surface area contributed by atoms with Crippen molar-refractivity contribution in [3.63, 3.8) is 0 Å². The van der Waals surface area contributed by atoms with Crippen LogP contribution < -0.4 is 14.5 Å². The zero-order valence-corrected chi connectivity index (χ0v) is 25.2. The number of ether oxygens (including phenoxy) is 1. The van der Waals surface area contributed by atoms with Crippen LogP contribution in [0.2, 0.25) is 0 Å². The molecule has 0 aliphatic carbocycles. The van der Waals surface area contributed by atoms with E-state index in [-0.39, 0.29) is 4.90 Å². The van der Waals surface area contributed by atoms with Crippen molar-refractivity contribution in [2.24, 2.45) is 5.10 Å². The largest absolute Gasteiger partial charge is 0.494 e. The molecule has 1 N–H and O–H groups in total. The Hall–Kier alpha value is -3.89. The molecule has 0 saturated carbocycles. The number of rotatable bonds is 10. The molecule has 208 valence electrons. The van der Waals surface area contributed by atoms with Crippen molar-refractivity contribution >= 4 is 43.8 Å². The first-order chi connectivity index (χ1) is 19.1. The summed E-state index contributed by atoms with van der Waals surface area (Å²) in [6.45, 7) is 7.74. The number of nitrogens with zero attached hydrogens (tertiary/aromatic N) is 3. The minimum atomic E-state index is -4.04. The van der Waals surface area contributed by atoms with Crippen LogP contribution in [0.5, 0.6) is 5.75 Å². The first-order valence-corrected chi connectivity index (χ1v) is 14.9. The standard InChI is InChI=1S/C30H31BrN4O4S/c1-5-39-28-14-12-26(13-15-28)34(40(37,38)29-16-6-21(2)7-17-29)20-30(36)33-32-19-24-18-22(3)35(23(24)4)27-10-8-25(31)9-11-27/h6-19H,5,20H2,1-4H3,(H,33,36)/b32-19+. The lowest BCUT2D eigenvalue weighted by molar-refractivity contribution is -0.119. The number of amides is 1. The molecule has 3 aromatic carbocycles. The Kier molecular flexibility index (Phi) is 9.11. The Morgan fingerprint density at radius 2 is 1.65 bits per heavy atom. The Bertz CT molecular complexity index is 1610. The summed E-state index contributed by atoms with van der Waals surface area (Å²) < 4.78 is 36.8. The van der Waals surface area contributed by atoms with E-state index >= 15 is 0 Å². The van der Waals surface area contributed by atoms with Crippen LogP contribution in [0.15, 0.2) is 93.3 Å². The number of aryl methyl sites for hydroxylation is 2. The summed E-state index contributed by atoms with van der Waals surface area (Å²) in [4.78, 5) is 13.1. The highest BCUT2D eigenvalue weighted by Crippen LogP contribution is 2.26. The highest BCUT2D eigenvalue weighted by Gasteiger charge is 2.27. The van der Waals surface area contributed by atoms with Crippen LogP contribution in [-0.4, -0.2) is 38.3 Å². The number of halogens is 1. The van der Waals surface area contributed by atoms with E-state index in [1.54, 1.807) is 42.6 Å². The van der Waals surface area contributed by atoms with Crippen molar-refractivity contribution in [3.05, 3.63) is 106 Å². The number of nitrogens with one attached hydrogen (secondary N) is 1. The number of benzene rings is 3. The third-order valence-electron chi connectivity index (χ3n) is 6.28. The zero-order valence-electron chi connectivity index (χ0n) is 22.8. The smallest absolute Gasteiger partial charge is 0.264 e. The van der Waals surface area contributed by atoms with Gasteiger partial charge in [-0.2, -0.15) is 5.10 Å². The highest BCUT2D eigenvalue weighted by molar-refractivity contribution is 9.10. The number of aromatic nitrogens is 1. The van der Waals surface area contributed by atoms with Crippen LogP contribution in [0, 0.1) is 20.8 Å². The molecule has 0 radical (unpaired) electrons. The molecule has 4 aromatic rings. The van der Waals surface area contributed by atoms with Crippen LogP contribution >= 0.6 is 15.9 Å². The predicted molar refractivity (Wildman–Crippen MR) is 162 cm³/mol. The molecule has 1 aromatic heterocycles. The van der Waals surface area contributed by atoms with Crippen LogP contribution in [-0.2, 0) is 14.8 Å². The van der Waals surface area contributed by atoms with Crippen molar-refractivity contribution in [1.29, 1.82) is 0 Å². The molecule has 10 heteroatoms. The Labute approximate surface area is 243 Å². The summed E-state index contributed by atoms with van der Waals surface area (Å²) in [5.41, 5.74) is 7.55. The number of carbonyl (C=O) groups is 1. The van der Waals surface area contributed by atoms with E-state index in [1.807, 2.05) is 58.0 Å². The molecule has 40 heavy (non-hydrogen) atoms. The predicted octanol–water partition coefficient (Wildman–Crippen LogP) is 5.91. The molecule has 0 aliphatic heterocycles. The Morgan fingerprint density at radius 3 is 2.27 bits per heavy atom. The van der Waals surface area contributed by atoms with Gasteiger partial charge in [0, 0.05) is 27.1 Å². The van der Waals surface area contributed by atoms with Crippen LogP contribution in [0.3, 0.4) is 0 Å². The highest BCUT2D eigenvalue weighted by atomic mass is 79.9. The van der Waals surface area contributed by atoms with Gasteiger partial charge in [0.2, 0.25) is 0 Å². The van der Waals surface area contributed by atoms with E-state index in [2.05, 4.69) is 31.0 Å². The van der Waals surface area contributed by atoms with Gasteiger partial charge in [-0.3, -0.25) is 9.10 Å². The van der Waals surface area contributed by atoms with Gasteiger partial charge in [0.15, 0.2) is 0 Å².